The molecule has 150 valence electrons. The molecule has 0 saturated carbocycles. The number of benzene rings is 2. The highest BCUT2D eigenvalue weighted by atomic mass is 16.1. The summed E-state index contributed by atoms with van der Waals surface area (Å²) >= 11 is 0. The average molecular weight is 389 g/mol. The van der Waals surface area contributed by atoms with Crippen LogP contribution in [-0.4, -0.2) is 22.4 Å². The van der Waals surface area contributed by atoms with Crippen LogP contribution in [0.4, 0.5) is 11.6 Å². The van der Waals surface area contributed by atoms with E-state index >= 15 is 0 Å². The monoisotopic (exact) mass is 388 g/mol. The third-order valence-corrected chi connectivity index (χ3v) is 4.69. The first-order valence-electron chi connectivity index (χ1n) is 9.93. The molecule has 3 rings (SSSR count). The molecule has 0 aliphatic carbocycles. The Balaban J connectivity index is 1.48. The number of anilines is 2. The second kappa shape index (κ2) is 9.32. The molecule has 0 atom stereocenters. The summed E-state index contributed by atoms with van der Waals surface area (Å²) in [4.78, 5) is 20.8. The normalized spacial score (nSPS) is 11.1. The summed E-state index contributed by atoms with van der Waals surface area (Å²) in [6, 6.07) is 18.5. The quantitative estimate of drug-likeness (QED) is 0.566. The van der Waals surface area contributed by atoms with E-state index in [0.29, 0.717) is 18.1 Å². The molecule has 29 heavy (non-hydrogen) atoms. The number of nitrogens with zero attached hydrogens (tertiary/aromatic N) is 2. The minimum atomic E-state index is -0.154. The van der Waals surface area contributed by atoms with Crippen molar-refractivity contribution in [2.24, 2.45) is 0 Å². The van der Waals surface area contributed by atoms with Gasteiger partial charge in [-0.15, -0.1) is 0 Å². The van der Waals surface area contributed by atoms with E-state index in [1.54, 1.807) is 12.4 Å². The number of hydrogen-bond donors (Lipinski definition) is 2. The fraction of sp³-hybridized carbons (Fsp3) is 0.292. The van der Waals surface area contributed by atoms with Gasteiger partial charge in [-0.2, -0.15) is 0 Å². The Kier molecular flexibility index (Phi) is 6.60. The van der Waals surface area contributed by atoms with Crippen LogP contribution in [0.5, 0.6) is 0 Å². The van der Waals surface area contributed by atoms with Crippen LogP contribution in [0, 0.1) is 0 Å². The Labute approximate surface area is 172 Å². The smallest absolute Gasteiger partial charge is 0.254 e. The van der Waals surface area contributed by atoms with E-state index in [0.717, 1.165) is 18.5 Å². The Hall–Kier alpha value is -3.21. The van der Waals surface area contributed by atoms with E-state index in [9.17, 15) is 4.79 Å². The van der Waals surface area contributed by atoms with Crippen molar-refractivity contribution in [3.63, 3.8) is 0 Å². The number of nitrogens with one attached hydrogen (secondary N) is 2. The van der Waals surface area contributed by atoms with Crippen molar-refractivity contribution in [2.75, 3.05) is 11.9 Å². The van der Waals surface area contributed by atoms with E-state index in [1.807, 2.05) is 30.3 Å². The zero-order valence-electron chi connectivity index (χ0n) is 17.3. The van der Waals surface area contributed by atoms with E-state index in [1.165, 1.54) is 11.1 Å². The van der Waals surface area contributed by atoms with Crippen LogP contribution >= 0.6 is 0 Å². The zero-order valence-corrected chi connectivity index (χ0v) is 17.3. The maximum Gasteiger partial charge on any atom is 0.254 e. The molecule has 0 fully saturated rings. The average Bonchev–Trinajstić information content (AvgIpc) is 2.72. The van der Waals surface area contributed by atoms with Crippen LogP contribution in [0.25, 0.3) is 0 Å². The molecule has 0 aliphatic rings. The van der Waals surface area contributed by atoms with Crippen LogP contribution in [0.15, 0.2) is 67.0 Å². The molecule has 0 bridgehead atoms. The van der Waals surface area contributed by atoms with Crippen molar-refractivity contribution in [2.45, 2.75) is 39.0 Å². The van der Waals surface area contributed by atoms with E-state index in [4.69, 9.17) is 0 Å². The highest BCUT2D eigenvalue weighted by molar-refractivity contribution is 5.93. The van der Waals surface area contributed by atoms with Gasteiger partial charge < -0.3 is 10.6 Å². The van der Waals surface area contributed by atoms with Crippen molar-refractivity contribution < 1.29 is 4.79 Å². The van der Waals surface area contributed by atoms with Gasteiger partial charge in [0.15, 0.2) is 0 Å². The number of aryl methyl sites for hydroxylation is 1. The van der Waals surface area contributed by atoms with Crippen molar-refractivity contribution in [1.82, 2.24) is 15.3 Å². The van der Waals surface area contributed by atoms with Crippen molar-refractivity contribution in [3.05, 3.63) is 83.7 Å². The van der Waals surface area contributed by atoms with Crippen molar-refractivity contribution >= 4 is 17.5 Å². The Morgan fingerprint density at radius 1 is 0.931 bits per heavy atom. The van der Waals surface area contributed by atoms with Gasteiger partial charge in [-0.3, -0.25) is 4.79 Å². The molecule has 0 spiro atoms. The van der Waals surface area contributed by atoms with Gasteiger partial charge in [0.05, 0.1) is 5.56 Å². The van der Waals surface area contributed by atoms with Crippen LogP contribution in [0.1, 0.15) is 48.7 Å². The second-order valence-corrected chi connectivity index (χ2v) is 8.09. The summed E-state index contributed by atoms with van der Waals surface area (Å²) in [7, 11) is 0. The van der Waals surface area contributed by atoms with Gasteiger partial charge in [-0.1, -0.05) is 63.2 Å². The Morgan fingerprint density at radius 2 is 1.59 bits per heavy atom. The largest absolute Gasteiger partial charge is 0.352 e. The number of aromatic nitrogens is 2. The molecule has 5 nitrogen and oxygen atoms in total. The number of hydrogen-bond acceptors (Lipinski definition) is 4. The maximum absolute atomic E-state index is 12.2. The maximum atomic E-state index is 12.2. The molecule has 0 unspecified atom stereocenters. The highest BCUT2D eigenvalue weighted by Gasteiger charge is 2.13. The molecule has 5 heteroatoms. The number of carbonyl (C=O) groups excluding carboxylic acids is 1. The van der Waals surface area contributed by atoms with Crippen LogP contribution < -0.4 is 10.6 Å². The molecule has 1 heterocycles. The summed E-state index contributed by atoms with van der Waals surface area (Å²) in [5, 5.41) is 6.08. The van der Waals surface area contributed by atoms with Gasteiger partial charge in [0.25, 0.3) is 5.91 Å². The van der Waals surface area contributed by atoms with Crippen LogP contribution in [0.2, 0.25) is 0 Å². The molecule has 0 radical (unpaired) electrons. The molecule has 2 aromatic carbocycles. The third kappa shape index (κ3) is 6.14. The molecule has 0 saturated heterocycles. The van der Waals surface area contributed by atoms with E-state index in [2.05, 4.69) is 65.6 Å². The van der Waals surface area contributed by atoms with Gasteiger partial charge >= 0.3 is 0 Å². The van der Waals surface area contributed by atoms with Gasteiger partial charge in [-0.25, -0.2) is 9.97 Å². The number of amides is 1. The second-order valence-electron chi connectivity index (χ2n) is 8.09. The molecule has 1 aromatic heterocycles. The van der Waals surface area contributed by atoms with Crippen molar-refractivity contribution in [1.29, 1.82) is 0 Å². The number of rotatable bonds is 7. The Morgan fingerprint density at radius 3 is 2.21 bits per heavy atom. The number of carbonyl (C=O) groups is 1. The predicted molar refractivity (Wildman–Crippen MR) is 118 cm³/mol. The van der Waals surface area contributed by atoms with Gasteiger partial charge in [-0.05, 0) is 41.5 Å². The third-order valence-electron chi connectivity index (χ3n) is 4.69. The lowest BCUT2D eigenvalue weighted by Gasteiger charge is -2.19. The highest BCUT2D eigenvalue weighted by Crippen LogP contribution is 2.24. The molecular formula is C24H28N4O. The van der Waals surface area contributed by atoms with Gasteiger partial charge in [0.1, 0.15) is 0 Å². The molecule has 0 aliphatic heterocycles. The lowest BCUT2D eigenvalue weighted by atomic mass is 9.87. The summed E-state index contributed by atoms with van der Waals surface area (Å²) < 4.78 is 0. The Bertz CT molecular complexity index is 914. The fourth-order valence-electron chi connectivity index (χ4n) is 2.93. The first-order chi connectivity index (χ1) is 13.9. The molecule has 3 aromatic rings. The first-order valence-corrected chi connectivity index (χ1v) is 9.93. The lowest BCUT2D eigenvalue weighted by molar-refractivity contribution is 0.0952. The fourth-order valence-corrected chi connectivity index (χ4v) is 2.93. The van der Waals surface area contributed by atoms with E-state index in [-0.39, 0.29) is 11.3 Å². The predicted octanol–water partition coefficient (Wildman–Crippen LogP) is 4.88. The van der Waals surface area contributed by atoms with Crippen LogP contribution in [0.3, 0.4) is 0 Å². The summed E-state index contributed by atoms with van der Waals surface area (Å²) in [5.74, 6) is 0.313. The van der Waals surface area contributed by atoms with Gasteiger partial charge in [0, 0.05) is 24.6 Å². The SMILES string of the molecule is CC(C)(C)c1ccc(Nc2ncc(C(=O)NCCCc3ccccc3)cn2)cc1. The topological polar surface area (TPSA) is 66.9 Å². The zero-order chi connectivity index (χ0) is 20.7. The standard InChI is InChI=1S/C24H28N4O/c1-24(2,3)20-11-13-21(14-12-20)28-23-26-16-19(17-27-23)22(29)25-15-7-10-18-8-5-4-6-9-18/h4-6,8-9,11-14,16-17H,7,10,15H2,1-3H3,(H,25,29)(H,26,27,28). The van der Waals surface area contributed by atoms with Crippen molar-refractivity contribution in [3.8, 4) is 0 Å². The summed E-state index contributed by atoms with van der Waals surface area (Å²) in [5.41, 5.74) is 4.03. The minimum Gasteiger partial charge on any atom is -0.352 e. The molecular weight excluding hydrogens is 360 g/mol. The molecule has 1 amide bonds. The molecule has 2 N–H and O–H groups in total. The van der Waals surface area contributed by atoms with Gasteiger partial charge in [0.2, 0.25) is 5.95 Å². The summed E-state index contributed by atoms with van der Waals surface area (Å²) in [6.45, 7) is 7.17. The van der Waals surface area contributed by atoms with Crippen LogP contribution in [-0.2, 0) is 11.8 Å². The summed E-state index contributed by atoms with van der Waals surface area (Å²) in [6.07, 6.45) is 4.92. The first kappa shape index (κ1) is 20.5. The van der Waals surface area contributed by atoms with E-state index < -0.39 is 0 Å². The minimum absolute atomic E-state index is 0.116. The lowest BCUT2D eigenvalue weighted by Crippen LogP contribution is -2.25.